The van der Waals surface area contributed by atoms with Crippen LogP contribution < -0.4 is 15.2 Å². The van der Waals surface area contributed by atoms with E-state index >= 15 is 0 Å². The van der Waals surface area contributed by atoms with Gasteiger partial charge in [-0.15, -0.1) is 12.4 Å². The fourth-order valence-corrected chi connectivity index (χ4v) is 5.75. The molecule has 0 atom stereocenters. The summed E-state index contributed by atoms with van der Waals surface area (Å²) in [5.41, 5.74) is 5.56. The second kappa shape index (κ2) is 9.36. The number of hydrogen-bond donors (Lipinski definition) is 3. The lowest BCUT2D eigenvalue weighted by molar-refractivity contribution is 0.399. The van der Waals surface area contributed by atoms with E-state index in [-0.39, 0.29) is 29.6 Å². The molecule has 26 heavy (non-hydrogen) atoms. The summed E-state index contributed by atoms with van der Waals surface area (Å²) in [6, 6.07) is 5.72. The van der Waals surface area contributed by atoms with Crippen LogP contribution in [0.5, 0.6) is 0 Å². The minimum atomic E-state index is -3.70. The van der Waals surface area contributed by atoms with E-state index in [9.17, 15) is 16.8 Å². The van der Waals surface area contributed by atoms with Gasteiger partial charge in [0.25, 0.3) is 0 Å². The molecular formula is C16H28ClN3O4S2. The number of anilines is 1. The lowest BCUT2D eigenvalue weighted by Crippen LogP contribution is -2.51. The van der Waals surface area contributed by atoms with Crippen LogP contribution in [0.15, 0.2) is 29.2 Å². The zero-order chi connectivity index (χ0) is 18.6. The molecule has 4 N–H and O–H groups in total. The van der Waals surface area contributed by atoms with Crippen molar-refractivity contribution in [2.24, 2.45) is 5.73 Å². The summed E-state index contributed by atoms with van der Waals surface area (Å²) < 4.78 is 54.2. The highest BCUT2D eigenvalue weighted by Gasteiger charge is 2.36. The van der Waals surface area contributed by atoms with Gasteiger partial charge in [-0.2, -0.15) is 0 Å². The Kier molecular flexibility index (Phi) is 8.34. The van der Waals surface area contributed by atoms with Crippen molar-refractivity contribution < 1.29 is 16.8 Å². The van der Waals surface area contributed by atoms with Crippen molar-refractivity contribution in [1.29, 1.82) is 0 Å². The standard InChI is InChI=1S/C16H27N3O4S2.ClH/c1-2-3-12-24(20,21)18-14-6-8-15(9-7-14)25(22,23)19-16(13-17)10-4-5-11-16;/h6-9,18-19H,2-5,10-13,17H2,1H3;1H. The molecule has 1 aliphatic carbocycles. The van der Waals surface area contributed by atoms with E-state index < -0.39 is 25.6 Å². The van der Waals surface area contributed by atoms with Crippen molar-refractivity contribution in [2.45, 2.75) is 55.9 Å². The molecule has 1 fully saturated rings. The Morgan fingerprint density at radius 2 is 1.65 bits per heavy atom. The topological polar surface area (TPSA) is 118 Å². The molecule has 0 aromatic heterocycles. The molecular weight excluding hydrogens is 398 g/mol. The first kappa shape index (κ1) is 23.2. The van der Waals surface area contributed by atoms with Crippen LogP contribution in [0.25, 0.3) is 0 Å². The quantitative estimate of drug-likeness (QED) is 0.560. The van der Waals surface area contributed by atoms with Crippen molar-refractivity contribution in [2.75, 3.05) is 17.0 Å². The molecule has 2 rings (SSSR count). The highest BCUT2D eigenvalue weighted by molar-refractivity contribution is 7.92. The van der Waals surface area contributed by atoms with Gasteiger partial charge in [0.15, 0.2) is 0 Å². The number of rotatable bonds is 9. The van der Waals surface area contributed by atoms with Crippen LogP contribution in [0, 0.1) is 0 Å². The van der Waals surface area contributed by atoms with Gasteiger partial charge in [-0.25, -0.2) is 21.6 Å². The van der Waals surface area contributed by atoms with Crippen LogP contribution in [0.2, 0.25) is 0 Å². The van der Waals surface area contributed by atoms with Gasteiger partial charge in [-0.1, -0.05) is 26.2 Å². The minimum absolute atomic E-state index is 0. The smallest absolute Gasteiger partial charge is 0.241 e. The molecule has 1 aliphatic rings. The maximum absolute atomic E-state index is 12.6. The van der Waals surface area contributed by atoms with E-state index in [1.807, 2.05) is 6.92 Å². The minimum Gasteiger partial charge on any atom is -0.329 e. The van der Waals surface area contributed by atoms with Gasteiger partial charge in [0.1, 0.15) is 0 Å². The largest absolute Gasteiger partial charge is 0.329 e. The third-order valence-electron chi connectivity index (χ3n) is 4.51. The van der Waals surface area contributed by atoms with Crippen LogP contribution in [0.1, 0.15) is 45.4 Å². The number of nitrogens with two attached hydrogens (primary N) is 1. The Labute approximate surface area is 162 Å². The second-order valence-corrected chi connectivity index (χ2v) is 10.1. The predicted octanol–water partition coefficient (Wildman–Crippen LogP) is 2.20. The third kappa shape index (κ3) is 6.09. The number of hydrogen-bond acceptors (Lipinski definition) is 5. The van der Waals surface area contributed by atoms with Gasteiger partial charge in [0.2, 0.25) is 20.0 Å². The average molecular weight is 426 g/mol. The molecule has 0 heterocycles. The fourth-order valence-electron chi connectivity index (χ4n) is 3.01. The second-order valence-electron chi connectivity index (χ2n) is 6.60. The van der Waals surface area contributed by atoms with Crippen LogP contribution >= 0.6 is 12.4 Å². The molecule has 0 bridgehead atoms. The molecule has 150 valence electrons. The van der Waals surface area contributed by atoms with Crippen molar-refractivity contribution >= 4 is 38.1 Å². The number of nitrogens with one attached hydrogen (secondary N) is 2. The normalized spacial score (nSPS) is 16.8. The van der Waals surface area contributed by atoms with Crippen molar-refractivity contribution in [3.63, 3.8) is 0 Å². The van der Waals surface area contributed by atoms with Crippen LogP contribution in [-0.2, 0) is 20.0 Å². The van der Waals surface area contributed by atoms with Gasteiger partial charge >= 0.3 is 0 Å². The zero-order valence-corrected chi connectivity index (χ0v) is 17.4. The number of halogens is 1. The van der Waals surface area contributed by atoms with Gasteiger partial charge in [0.05, 0.1) is 10.6 Å². The summed E-state index contributed by atoms with van der Waals surface area (Å²) in [7, 11) is -7.11. The van der Waals surface area contributed by atoms with Crippen LogP contribution in [0.4, 0.5) is 5.69 Å². The van der Waals surface area contributed by atoms with Crippen molar-refractivity contribution in [3.05, 3.63) is 24.3 Å². The van der Waals surface area contributed by atoms with Crippen molar-refractivity contribution in [1.82, 2.24) is 4.72 Å². The Bertz CT molecular complexity index is 774. The maximum atomic E-state index is 12.6. The highest BCUT2D eigenvalue weighted by Crippen LogP contribution is 2.30. The van der Waals surface area contributed by atoms with E-state index in [1.165, 1.54) is 24.3 Å². The molecule has 7 nitrogen and oxygen atoms in total. The molecule has 1 saturated carbocycles. The lowest BCUT2D eigenvalue weighted by atomic mass is 10.0. The first-order valence-corrected chi connectivity index (χ1v) is 11.7. The van der Waals surface area contributed by atoms with Gasteiger partial charge in [-0.3, -0.25) is 4.72 Å². The molecule has 0 unspecified atom stereocenters. The third-order valence-corrected chi connectivity index (χ3v) is 7.47. The zero-order valence-electron chi connectivity index (χ0n) is 14.9. The summed E-state index contributed by atoms with van der Waals surface area (Å²) in [4.78, 5) is 0.101. The monoisotopic (exact) mass is 425 g/mol. The summed E-state index contributed by atoms with van der Waals surface area (Å²) >= 11 is 0. The van der Waals surface area contributed by atoms with Crippen LogP contribution in [0.3, 0.4) is 0 Å². The van der Waals surface area contributed by atoms with E-state index in [0.29, 0.717) is 12.1 Å². The molecule has 1 aromatic rings. The Morgan fingerprint density at radius 3 is 2.15 bits per heavy atom. The Morgan fingerprint density at radius 1 is 1.08 bits per heavy atom. The van der Waals surface area contributed by atoms with Crippen LogP contribution in [-0.4, -0.2) is 34.7 Å². The summed E-state index contributed by atoms with van der Waals surface area (Å²) in [6.07, 6.45) is 4.74. The number of benzene rings is 1. The number of unbranched alkanes of at least 4 members (excludes halogenated alkanes) is 1. The molecule has 0 radical (unpaired) electrons. The molecule has 1 aromatic carbocycles. The summed E-state index contributed by atoms with van der Waals surface area (Å²) in [5.74, 6) is 0.0458. The first-order valence-electron chi connectivity index (χ1n) is 8.57. The molecule has 10 heteroatoms. The fraction of sp³-hybridized carbons (Fsp3) is 0.625. The van der Waals surface area contributed by atoms with E-state index in [0.717, 1.165) is 32.1 Å². The Balaban J connectivity index is 0.00000338. The average Bonchev–Trinajstić information content (AvgIpc) is 3.01. The van der Waals surface area contributed by atoms with Crippen molar-refractivity contribution in [3.8, 4) is 0 Å². The Hall–Kier alpha value is -0.870. The molecule has 0 spiro atoms. The van der Waals surface area contributed by atoms with Gasteiger partial charge < -0.3 is 5.73 Å². The SMILES string of the molecule is CCCCS(=O)(=O)Nc1ccc(S(=O)(=O)NC2(CN)CCCC2)cc1.Cl. The maximum Gasteiger partial charge on any atom is 0.241 e. The molecule has 0 aliphatic heterocycles. The van der Waals surface area contributed by atoms with E-state index in [2.05, 4.69) is 9.44 Å². The number of sulfonamides is 2. The van der Waals surface area contributed by atoms with Gasteiger partial charge in [-0.05, 0) is 43.5 Å². The molecule has 0 saturated heterocycles. The lowest BCUT2D eigenvalue weighted by Gasteiger charge is -2.28. The highest BCUT2D eigenvalue weighted by atomic mass is 35.5. The summed E-state index contributed by atoms with van der Waals surface area (Å²) in [6.45, 7) is 2.18. The van der Waals surface area contributed by atoms with Gasteiger partial charge in [0, 0.05) is 17.8 Å². The summed E-state index contributed by atoms with van der Waals surface area (Å²) in [5, 5.41) is 0. The van der Waals surface area contributed by atoms with E-state index in [4.69, 9.17) is 5.73 Å². The molecule has 0 amide bonds. The predicted molar refractivity (Wildman–Crippen MR) is 107 cm³/mol. The van der Waals surface area contributed by atoms with E-state index in [1.54, 1.807) is 0 Å². The first-order chi connectivity index (χ1) is 11.7.